The lowest BCUT2D eigenvalue weighted by Crippen LogP contribution is -2.35. The molecule has 0 heterocycles. The fourth-order valence-corrected chi connectivity index (χ4v) is 3.13. The summed E-state index contributed by atoms with van der Waals surface area (Å²) in [5, 5.41) is 0. The molecular weight excluding hydrogens is 256 g/mol. The molecule has 2 atom stereocenters. The van der Waals surface area contributed by atoms with Crippen molar-refractivity contribution in [3.8, 4) is 11.5 Å². The third kappa shape index (κ3) is 5.20. The van der Waals surface area contributed by atoms with Crippen molar-refractivity contribution >= 4 is 19.8 Å². The van der Waals surface area contributed by atoms with Gasteiger partial charge < -0.3 is 4.74 Å². The second kappa shape index (κ2) is 6.90. The minimum Gasteiger partial charge on any atom is -0.468 e. The maximum atomic E-state index is 11.9. The molecule has 1 aliphatic carbocycles. The molecule has 0 aromatic rings. The van der Waals surface area contributed by atoms with Crippen LogP contribution >= 0.6 is 0 Å². The maximum absolute atomic E-state index is 11.9. The van der Waals surface area contributed by atoms with Crippen LogP contribution in [0.3, 0.4) is 0 Å². The SMILES string of the molecule is COC(=O)C1C(=O)CCCC1CCC#C[Si](C)(C)C. The molecule has 19 heavy (non-hydrogen) atoms. The highest BCUT2D eigenvalue weighted by Crippen LogP contribution is 2.31. The Morgan fingerprint density at radius 3 is 2.68 bits per heavy atom. The molecule has 1 aliphatic rings. The van der Waals surface area contributed by atoms with Gasteiger partial charge in [0.15, 0.2) is 0 Å². The highest BCUT2D eigenvalue weighted by atomic mass is 28.3. The molecule has 0 spiro atoms. The summed E-state index contributed by atoms with van der Waals surface area (Å²) in [5.41, 5.74) is 3.32. The average molecular weight is 280 g/mol. The van der Waals surface area contributed by atoms with Gasteiger partial charge >= 0.3 is 5.97 Å². The van der Waals surface area contributed by atoms with Gasteiger partial charge in [-0.15, -0.1) is 11.5 Å². The summed E-state index contributed by atoms with van der Waals surface area (Å²) in [5.74, 6) is 2.46. The number of hydrogen-bond donors (Lipinski definition) is 0. The van der Waals surface area contributed by atoms with Crippen LogP contribution in [0.2, 0.25) is 19.6 Å². The quantitative estimate of drug-likeness (QED) is 0.345. The standard InChI is InChI=1S/C15H24O3Si/c1-18-15(17)14-12(9-7-10-13(14)16)8-5-6-11-19(2,3)4/h12,14H,5,7-10H2,1-4H3. The first-order valence-electron chi connectivity index (χ1n) is 6.95. The molecule has 1 saturated carbocycles. The Labute approximate surface area is 117 Å². The lowest BCUT2D eigenvalue weighted by atomic mass is 9.76. The Bertz CT molecular complexity index is 390. The Hall–Kier alpha value is -1.08. The van der Waals surface area contributed by atoms with E-state index in [-0.39, 0.29) is 17.7 Å². The lowest BCUT2D eigenvalue weighted by molar-refractivity contribution is -0.153. The molecule has 106 valence electrons. The van der Waals surface area contributed by atoms with Crippen molar-refractivity contribution in [3.63, 3.8) is 0 Å². The topological polar surface area (TPSA) is 43.4 Å². The van der Waals surface area contributed by atoms with E-state index in [1.54, 1.807) is 0 Å². The van der Waals surface area contributed by atoms with Crippen molar-refractivity contribution in [2.24, 2.45) is 11.8 Å². The number of ether oxygens (including phenoxy) is 1. The van der Waals surface area contributed by atoms with E-state index in [4.69, 9.17) is 4.74 Å². The van der Waals surface area contributed by atoms with Crippen LogP contribution in [-0.2, 0) is 14.3 Å². The molecule has 0 aliphatic heterocycles. The van der Waals surface area contributed by atoms with Gasteiger partial charge in [0.1, 0.15) is 19.8 Å². The zero-order valence-corrected chi connectivity index (χ0v) is 13.4. The third-order valence-corrected chi connectivity index (χ3v) is 4.30. The number of methoxy groups -OCH3 is 1. The summed E-state index contributed by atoms with van der Waals surface area (Å²) >= 11 is 0. The normalized spacial score (nSPS) is 23.5. The average Bonchev–Trinajstić information content (AvgIpc) is 2.33. The highest BCUT2D eigenvalue weighted by molar-refractivity contribution is 6.83. The van der Waals surface area contributed by atoms with Crippen LogP contribution in [0, 0.1) is 23.3 Å². The summed E-state index contributed by atoms with van der Waals surface area (Å²) in [6.45, 7) is 6.63. The molecule has 0 amide bonds. The Morgan fingerprint density at radius 1 is 1.42 bits per heavy atom. The van der Waals surface area contributed by atoms with Crippen molar-refractivity contribution in [3.05, 3.63) is 0 Å². The van der Waals surface area contributed by atoms with Crippen molar-refractivity contribution < 1.29 is 14.3 Å². The number of hydrogen-bond acceptors (Lipinski definition) is 3. The van der Waals surface area contributed by atoms with Crippen LogP contribution in [0.25, 0.3) is 0 Å². The number of rotatable bonds is 3. The van der Waals surface area contributed by atoms with Gasteiger partial charge in [-0.1, -0.05) is 19.6 Å². The van der Waals surface area contributed by atoms with E-state index < -0.39 is 14.0 Å². The van der Waals surface area contributed by atoms with Crippen LogP contribution in [0.5, 0.6) is 0 Å². The summed E-state index contributed by atoms with van der Waals surface area (Å²) in [6, 6.07) is 0. The van der Waals surface area contributed by atoms with Gasteiger partial charge in [-0.25, -0.2) is 0 Å². The zero-order chi connectivity index (χ0) is 14.5. The minimum absolute atomic E-state index is 0.0428. The molecule has 3 nitrogen and oxygen atoms in total. The molecule has 1 rings (SSSR count). The molecule has 1 fully saturated rings. The highest BCUT2D eigenvalue weighted by Gasteiger charge is 2.37. The first kappa shape index (κ1) is 16.0. The van der Waals surface area contributed by atoms with Gasteiger partial charge in [0.2, 0.25) is 0 Å². The second-order valence-corrected chi connectivity index (χ2v) is 11.0. The molecule has 0 aromatic heterocycles. The van der Waals surface area contributed by atoms with Crippen molar-refractivity contribution in [2.45, 2.75) is 51.7 Å². The molecule has 0 radical (unpaired) electrons. The molecule has 4 heteroatoms. The summed E-state index contributed by atoms with van der Waals surface area (Å²) < 4.78 is 4.76. The first-order valence-corrected chi connectivity index (χ1v) is 10.5. The van der Waals surface area contributed by atoms with E-state index in [1.165, 1.54) is 7.11 Å². The van der Waals surface area contributed by atoms with E-state index in [9.17, 15) is 9.59 Å². The van der Waals surface area contributed by atoms with E-state index in [0.717, 1.165) is 25.7 Å². The monoisotopic (exact) mass is 280 g/mol. The first-order chi connectivity index (χ1) is 8.85. The number of carbonyl (C=O) groups excluding carboxylic acids is 2. The second-order valence-electron chi connectivity index (χ2n) is 6.21. The number of Topliss-reactive ketones (excluding diaryl/α,β-unsaturated/α-hetero) is 1. The van der Waals surface area contributed by atoms with Crippen LogP contribution in [-0.4, -0.2) is 26.9 Å². The third-order valence-electron chi connectivity index (χ3n) is 3.38. The van der Waals surface area contributed by atoms with Crippen molar-refractivity contribution in [1.82, 2.24) is 0 Å². The van der Waals surface area contributed by atoms with Gasteiger partial charge in [-0.05, 0) is 25.2 Å². The molecule has 0 saturated heterocycles. The van der Waals surface area contributed by atoms with Crippen LogP contribution in [0.1, 0.15) is 32.1 Å². The minimum atomic E-state index is -1.32. The zero-order valence-electron chi connectivity index (χ0n) is 12.4. The fraction of sp³-hybridized carbons (Fsp3) is 0.733. The molecule has 2 unspecified atom stereocenters. The Morgan fingerprint density at radius 2 is 2.11 bits per heavy atom. The number of ketones is 1. The Kier molecular flexibility index (Phi) is 5.80. The van der Waals surface area contributed by atoms with E-state index in [0.29, 0.717) is 6.42 Å². The molecule has 0 bridgehead atoms. The summed E-state index contributed by atoms with van der Waals surface area (Å²) in [4.78, 5) is 23.6. The molecule has 0 N–H and O–H groups in total. The molecular formula is C15H24O3Si. The van der Waals surface area contributed by atoms with Gasteiger partial charge in [0.25, 0.3) is 0 Å². The van der Waals surface area contributed by atoms with Crippen LogP contribution in [0.4, 0.5) is 0 Å². The summed E-state index contributed by atoms with van der Waals surface area (Å²) in [7, 11) is 0.0306. The van der Waals surface area contributed by atoms with Crippen LogP contribution in [0.15, 0.2) is 0 Å². The van der Waals surface area contributed by atoms with Crippen molar-refractivity contribution in [2.75, 3.05) is 7.11 Å². The number of esters is 1. The van der Waals surface area contributed by atoms with E-state index in [1.807, 2.05) is 0 Å². The fourth-order valence-electron chi connectivity index (χ4n) is 2.47. The van der Waals surface area contributed by atoms with E-state index >= 15 is 0 Å². The van der Waals surface area contributed by atoms with Crippen molar-refractivity contribution in [1.29, 1.82) is 0 Å². The van der Waals surface area contributed by atoms with Gasteiger partial charge in [-0.3, -0.25) is 9.59 Å². The Balaban J connectivity index is 2.60. The predicted molar refractivity (Wildman–Crippen MR) is 78.2 cm³/mol. The lowest BCUT2D eigenvalue weighted by Gasteiger charge is -2.27. The largest absolute Gasteiger partial charge is 0.468 e. The summed E-state index contributed by atoms with van der Waals surface area (Å²) in [6.07, 6.45) is 3.92. The smallest absolute Gasteiger partial charge is 0.316 e. The molecule has 0 aromatic carbocycles. The predicted octanol–water partition coefficient (Wildman–Crippen LogP) is 2.81. The number of carbonyl (C=O) groups is 2. The van der Waals surface area contributed by atoms with Crippen LogP contribution < -0.4 is 0 Å². The van der Waals surface area contributed by atoms with E-state index in [2.05, 4.69) is 31.1 Å². The van der Waals surface area contributed by atoms with Gasteiger partial charge in [-0.2, -0.15) is 0 Å². The maximum Gasteiger partial charge on any atom is 0.316 e. The van der Waals surface area contributed by atoms with Gasteiger partial charge in [0.05, 0.1) is 7.11 Å². The van der Waals surface area contributed by atoms with Gasteiger partial charge in [0, 0.05) is 12.8 Å².